The van der Waals surface area contributed by atoms with E-state index in [0.29, 0.717) is 5.56 Å². The summed E-state index contributed by atoms with van der Waals surface area (Å²) < 4.78 is 16.6. The smallest absolute Gasteiger partial charge is 0.134 e. The Labute approximate surface area is 196 Å². The van der Waals surface area contributed by atoms with Gasteiger partial charge in [0.05, 0.1) is 28.9 Å². The molecule has 0 fully saturated rings. The molecule has 1 atom stereocenters. The highest BCUT2D eigenvalue weighted by Crippen LogP contribution is 2.42. The van der Waals surface area contributed by atoms with E-state index in [1.807, 2.05) is 23.0 Å². The number of rotatable bonds is 7. The number of anilines is 1. The zero-order chi connectivity index (χ0) is 23.8. The lowest BCUT2D eigenvalue weighted by molar-refractivity contribution is 0.261. The van der Waals surface area contributed by atoms with Crippen molar-refractivity contribution in [2.45, 2.75) is 71.0 Å². The average molecular weight is 447 g/mol. The minimum absolute atomic E-state index is 0.142. The molecule has 0 radical (unpaired) electrons. The Hall–Kier alpha value is -3.08. The lowest BCUT2D eigenvalue weighted by Gasteiger charge is -2.39. The number of nitrogens with one attached hydrogen (secondary N) is 2. The van der Waals surface area contributed by atoms with Crippen molar-refractivity contribution in [3.63, 3.8) is 0 Å². The summed E-state index contributed by atoms with van der Waals surface area (Å²) >= 11 is 0. The van der Waals surface area contributed by atoms with Gasteiger partial charge in [0.1, 0.15) is 11.6 Å². The molecule has 2 heterocycles. The summed E-state index contributed by atoms with van der Waals surface area (Å²) in [5.41, 5.74) is 4.41. The molecule has 33 heavy (non-hydrogen) atoms. The lowest BCUT2D eigenvalue weighted by Crippen LogP contribution is -2.41. The van der Waals surface area contributed by atoms with E-state index in [1.165, 1.54) is 17.2 Å². The standard InChI is InChI=1S/C28H35FN4/c1-7-28(8-2,21-15-13-19(3)14-16-21)32-20(4)23-18-30-33-26(23)31-25(17-27(33,5)6)22-11-9-10-12-24(22)29/h9-16,18,25,31-32H,4,7-8,17H2,1-3,5-6H3. The van der Waals surface area contributed by atoms with Crippen LogP contribution in [0.3, 0.4) is 0 Å². The van der Waals surface area contributed by atoms with Gasteiger partial charge in [0, 0.05) is 11.3 Å². The largest absolute Gasteiger partial charge is 0.375 e. The Kier molecular flexibility index (Phi) is 6.08. The maximum absolute atomic E-state index is 14.6. The number of benzene rings is 2. The van der Waals surface area contributed by atoms with E-state index in [4.69, 9.17) is 5.10 Å². The quantitative estimate of drug-likeness (QED) is 0.415. The van der Waals surface area contributed by atoms with Crippen molar-refractivity contribution in [2.24, 2.45) is 0 Å². The highest BCUT2D eigenvalue weighted by atomic mass is 19.1. The van der Waals surface area contributed by atoms with Gasteiger partial charge < -0.3 is 10.6 Å². The first-order valence-electron chi connectivity index (χ1n) is 11.8. The van der Waals surface area contributed by atoms with Crippen LogP contribution in [0.25, 0.3) is 5.70 Å². The number of halogens is 1. The van der Waals surface area contributed by atoms with Crippen LogP contribution in [0.5, 0.6) is 0 Å². The molecule has 1 aromatic heterocycles. The van der Waals surface area contributed by atoms with Gasteiger partial charge in [-0.25, -0.2) is 9.07 Å². The van der Waals surface area contributed by atoms with E-state index in [2.05, 4.69) is 76.1 Å². The van der Waals surface area contributed by atoms with Gasteiger partial charge >= 0.3 is 0 Å². The van der Waals surface area contributed by atoms with Crippen LogP contribution in [0, 0.1) is 12.7 Å². The fraction of sp³-hybridized carbons (Fsp3) is 0.393. The van der Waals surface area contributed by atoms with E-state index in [1.54, 1.807) is 6.07 Å². The number of hydrogen-bond acceptors (Lipinski definition) is 3. The Morgan fingerprint density at radius 2 is 1.85 bits per heavy atom. The van der Waals surface area contributed by atoms with E-state index in [-0.39, 0.29) is 22.9 Å². The molecule has 0 spiro atoms. The van der Waals surface area contributed by atoms with Crippen LogP contribution in [-0.4, -0.2) is 9.78 Å². The number of hydrogen-bond donors (Lipinski definition) is 2. The molecular formula is C28H35FN4. The van der Waals surface area contributed by atoms with E-state index >= 15 is 0 Å². The topological polar surface area (TPSA) is 41.9 Å². The van der Waals surface area contributed by atoms with Gasteiger partial charge in [0.15, 0.2) is 0 Å². The van der Waals surface area contributed by atoms with Gasteiger partial charge in [-0.1, -0.05) is 68.5 Å². The van der Waals surface area contributed by atoms with Crippen LogP contribution in [0.4, 0.5) is 10.2 Å². The fourth-order valence-electron chi connectivity index (χ4n) is 5.05. The monoisotopic (exact) mass is 446 g/mol. The second-order valence-corrected chi connectivity index (χ2v) is 9.81. The zero-order valence-electron chi connectivity index (χ0n) is 20.4. The van der Waals surface area contributed by atoms with E-state index in [0.717, 1.165) is 36.3 Å². The van der Waals surface area contributed by atoms with Crippen LogP contribution in [0.15, 0.2) is 61.3 Å². The summed E-state index contributed by atoms with van der Waals surface area (Å²) in [7, 11) is 0. The summed E-state index contributed by atoms with van der Waals surface area (Å²) in [4.78, 5) is 0. The second-order valence-electron chi connectivity index (χ2n) is 9.81. The van der Waals surface area contributed by atoms with E-state index < -0.39 is 0 Å². The Morgan fingerprint density at radius 1 is 1.18 bits per heavy atom. The maximum atomic E-state index is 14.6. The molecule has 0 saturated carbocycles. The molecule has 0 saturated heterocycles. The number of aromatic nitrogens is 2. The van der Waals surface area contributed by atoms with Crippen molar-refractivity contribution in [1.29, 1.82) is 0 Å². The first-order chi connectivity index (χ1) is 15.7. The van der Waals surface area contributed by atoms with Gasteiger partial charge in [-0.2, -0.15) is 5.10 Å². The SMILES string of the molecule is C=C(NC(CC)(CC)c1ccc(C)cc1)c1cnn2c1NC(c1ccccc1F)CC2(C)C. The Balaban J connectivity index is 1.69. The third-order valence-electron chi connectivity index (χ3n) is 7.16. The fourth-order valence-corrected chi connectivity index (χ4v) is 5.05. The molecule has 1 unspecified atom stereocenters. The molecule has 174 valence electrons. The maximum Gasteiger partial charge on any atom is 0.134 e. The molecule has 1 aliphatic heterocycles. The van der Waals surface area contributed by atoms with Crippen molar-refractivity contribution < 1.29 is 4.39 Å². The van der Waals surface area contributed by atoms with E-state index in [9.17, 15) is 4.39 Å². The van der Waals surface area contributed by atoms with Crippen molar-refractivity contribution in [2.75, 3.05) is 5.32 Å². The van der Waals surface area contributed by atoms with Gasteiger partial charge in [-0.05, 0) is 51.7 Å². The third kappa shape index (κ3) is 4.17. The van der Waals surface area contributed by atoms with Gasteiger partial charge in [0.25, 0.3) is 0 Å². The summed E-state index contributed by atoms with van der Waals surface area (Å²) in [5.74, 6) is 0.689. The van der Waals surface area contributed by atoms with Gasteiger partial charge in [-0.15, -0.1) is 0 Å². The van der Waals surface area contributed by atoms with Crippen molar-refractivity contribution >= 4 is 11.5 Å². The molecule has 2 aromatic carbocycles. The first kappa shape index (κ1) is 23.1. The third-order valence-corrected chi connectivity index (χ3v) is 7.16. The molecule has 1 aliphatic rings. The van der Waals surface area contributed by atoms with Gasteiger partial charge in [-0.3, -0.25) is 0 Å². The van der Waals surface area contributed by atoms with Crippen LogP contribution in [0.1, 0.15) is 75.3 Å². The van der Waals surface area contributed by atoms with Crippen molar-refractivity contribution in [3.05, 3.63) is 89.4 Å². The molecule has 0 aliphatic carbocycles. The Morgan fingerprint density at radius 3 is 2.48 bits per heavy atom. The van der Waals surface area contributed by atoms with Crippen LogP contribution in [0.2, 0.25) is 0 Å². The molecule has 0 amide bonds. The predicted molar refractivity (Wildman–Crippen MR) is 135 cm³/mol. The number of fused-ring (bicyclic) bond motifs is 1. The predicted octanol–water partition coefficient (Wildman–Crippen LogP) is 6.90. The summed E-state index contributed by atoms with van der Waals surface area (Å²) in [6.45, 7) is 15.2. The molecule has 0 bridgehead atoms. The molecule has 4 rings (SSSR count). The molecule has 5 heteroatoms. The highest BCUT2D eigenvalue weighted by Gasteiger charge is 2.37. The summed E-state index contributed by atoms with van der Waals surface area (Å²) in [5, 5.41) is 12.0. The van der Waals surface area contributed by atoms with Crippen molar-refractivity contribution in [3.8, 4) is 0 Å². The molecule has 4 nitrogen and oxygen atoms in total. The molecule has 2 N–H and O–H groups in total. The van der Waals surface area contributed by atoms with Crippen LogP contribution >= 0.6 is 0 Å². The highest BCUT2D eigenvalue weighted by molar-refractivity contribution is 5.73. The van der Waals surface area contributed by atoms with Crippen LogP contribution < -0.4 is 10.6 Å². The number of aryl methyl sites for hydroxylation is 1. The normalized spacial score (nSPS) is 17.2. The second kappa shape index (κ2) is 8.69. The Bertz CT molecular complexity index is 1140. The minimum atomic E-state index is -0.268. The zero-order valence-corrected chi connectivity index (χ0v) is 20.4. The molecule has 3 aromatic rings. The van der Waals surface area contributed by atoms with Gasteiger partial charge in [0.2, 0.25) is 0 Å². The number of nitrogens with zero attached hydrogens (tertiary/aromatic N) is 2. The summed E-state index contributed by atoms with van der Waals surface area (Å²) in [6, 6.07) is 15.6. The average Bonchev–Trinajstić information content (AvgIpc) is 3.23. The minimum Gasteiger partial charge on any atom is -0.375 e. The van der Waals surface area contributed by atoms with Crippen LogP contribution in [-0.2, 0) is 11.1 Å². The first-order valence-corrected chi connectivity index (χ1v) is 11.8. The molecular weight excluding hydrogens is 411 g/mol. The van der Waals surface area contributed by atoms with Crippen molar-refractivity contribution in [1.82, 2.24) is 15.1 Å². The summed E-state index contributed by atoms with van der Waals surface area (Å²) in [6.07, 6.45) is 4.45. The lowest BCUT2D eigenvalue weighted by atomic mass is 9.83.